The second-order valence-electron chi connectivity index (χ2n) is 4.83. The van der Waals surface area contributed by atoms with Crippen molar-refractivity contribution in [3.05, 3.63) is 30.8 Å². The van der Waals surface area contributed by atoms with Gasteiger partial charge in [-0.25, -0.2) is 14.9 Å². The minimum absolute atomic E-state index is 0.162. The standard InChI is InChI=1S/C16H19N5O2/c1-3-4-7-21(10-17)16(18)20-12-5-6-13(14(8-12)22-2)15-9-19-11-23-15/h5-6,8-9,11H,3-4,7H2,1-2H3,(H2,18,20). The monoisotopic (exact) mass is 313 g/mol. The molecule has 0 saturated carbocycles. The van der Waals surface area contributed by atoms with Gasteiger partial charge in [-0.2, -0.15) is 5.26 Å². The first-order chi connectivity index (χ1) is 11.2. The van der Waals surface area contributed by atoms with Gasteiger partial charge >= 0.3 is 0 Å². The summed E-state index contributed by atoms with van der Waals surface area (Å²) < 4.78 is 10.6. The molecular formula is C16H19N5O2. The maximum Gasteiger partial charge on any atom is 0.209 e. The van der Waals surface area contributed by atoms with Gasteiger partial charge in [0.15, 0.2) is 18.3 Å². The number of unbranched alkanes of at least 4 members (excludes halogenated alkanes) is 1. The van der Waals surface area contributed by atoms with E-state index in [0.29, 0.717) is 23.7 Å². The van der Waals surface area contributed by atoms with Gasteiger partial charge in [0.1, 0.15) is 5.75 Å². The predicted octanol–water partition coefficient (Wildman–Crippen LogP) is 2.88. The Hall–Kier alpha value is -3.01. The maximum absolute atomic E-state index is 9.14. The highest BCUT2D eigenvalue weighted by Gasteiger charge is 2.11. The number of nitrogens with two attached hydrogens (primary N) is 1. The summed E-state index contributed by atoms with van der Waals surface area (Å²) in [6.45, 7) is 2.60. The summed E-state index contributed by atoms with van der Waals surface area (Å²) in [6.07, 6.45) is 6.86. The number of hydrogen-bond donors (Lipinski definition) is 1. The zero-order valence-electron chi connectivity index (χ0n) is 13.2. The van der Waals surface area contributed by atoms with Crippen LogP contribution < -0.4 is 10.5 Å². The van der Waals surface area contributed by atoms with Gasteiger partial charge in [0, 0.05) is 12.6 Å². The number of aliphatic imine (C=N–C) groups is 1. The molecule has 0 amide bonds. The molecule has 1 aromatic heterocycles. The SMILES string of the molecule is CCCCN(C#N)C(N)=Nc1ccc(-c2cnco2)c(OC)c1. The Morgan fingerprint density at radius 3 is 2.96 bits per heavy atom. The van der Waals surface area contributed by atoms with Crippen molar-refractivity contribution in [1.82, 2.24) is 9.88 Å². The van der Waals surface area contributed by atoms with Gasteiger partial charge in [-0.05, 0) is 18.6 Å². The van der Waals surface area contributed by atoms with Crippen molar-refractivity contribution >= 4 is 11.6 Å². The highest BCUT2D eigenvalue weighted by Crippen LogP contribution is 2.33. The van der Waals surface area contributed by atoms with Crippen LogP contribution in [0.25, 0.3) is 11.3 Å². The lowest BCUT2D eigenvalue weighted by Gasteiger charge is -2.14. The summed E-state index contributed by atoms with van der Waals surface area (Å²) in [6, 6.07) is 5.33. The summed E-state index contributed by atoms with van der Waals surface area (Å²) in [4.78, 5) is 9.56. The Bertz CT molecular complexity index is 704. The fourth-order valence-corrected chi connectivity index (χ4v) is 2.03. The third-order valence-corrected chi connectivity index (χ3v) is 3.26. The first kappa shape index (κ1) is 16.4. The first-order valence-electron chi connectivity index (χ1n) is 7.28. The molecule has 7 nitrogen and oxygen atoms in total. The van der Waals surface area contributed by atoms with Crippen LogP contribution in [0, 0.1) is 11.5 Å². The van der Waals surface area contributed by atoms with Crippen LogP contribution >= 0.6 is 0 Å². The van der Waals surface area contributed by atoms with Crippen molar-refractivity contribution in [1.29, 1.82) is 5.26 Å². The third-order valence-electron chi connectivity index (χ3n) is 3.26. The van der Waals surface area contributed by atoms with E-state index in [0.717, 1.165) is 18.4 Å². The number of ether oxygens (including phenoxy) is 1. The molecule has 0 saturated heterocycles. The van der Waals surface area contributed by atoms with Crippen molar-refractivity contribution < 1.29 is 9.15 Å². The molecule has 0 radical (unpaired) electrons. The van der Waals surface area contributed by atoms with Crippen LogP contribution in [0.15, 0.2) is 40.2 Å². The van der Waals surface area contributed by atoms with Gasteiger partial charge in [-0.15, -0.1) is 0 Å². The molecule has 2 aromatic rings. The highest BCUT2D eigenvalue weighted by molar-refractivity contribution is 5.83. The second-order valence-corrected chi connectivity index (χ2v) is 4.83. The largest absolute Gasteiger partial charge is 0.496 e. The Morgan fingerprint density at radius 1 is 1.52 bits per heavy atom. The molecule has 0 bridgehead atoms. The first-order valence-corrected chi connectivity index (χ1v) is 7.28. The van der Waals surface area contributed by atoms with Crippen molar-refractivity contribution in [2.75, 3.05) is 13.7 Å². The molecule has 0 atom stereocenters. The Balaban J connectivity index is 2.27. The third kappa shape index (κ3) is 4.01. The molecular weight excluding hydrogens is 294 g/mol. The average molecular weight is 313 g/mol. The molecule has 0 aliphatic rings. The van der Waals surface area contributed by atoms with Crippen LogP contribution in [0.2, 0.25) is 0 Å². The number of hydrogen-bond acceptors (Lipinski definition) is 5. The number of guanidine groups is 1. The van der Waals surface area contributed by atoms with Crippen LogP contribution in [0.3, 0.4) is 0 Å². The summed E-state index contributed by atoms with van der Waals surface area (Å²) >= 11 is 0. The van der Waals surface area contributed by atoms with Crippen LogP contribution in [-0.2, 0) is 0 Å². The van der Waals surface area contributed by atoms with Gasteiger partial charge in [0.05, 0.1) is 24.6 Å². The Kier molecular flexibility index (Phi) is 5.58. The molecule has 0 spiro atoms. The van der Waals surface area contributed by atoms with Gasteiger partial charge in [0.2, 0.25) is 5.96 Å². The van der Waals surface area contributed by atoms with Crippen molar-refractivity contribution in [2.24, 2.45) is 10.7 Å². The topological polar surface area (TPSA) is 101 Å². The van der Waals surface area contributed by atoms with Crippen LogP contribution in [0.5, 0.6) is 5.75 Å². The van der Waals surface area contributed by atoms with E-state index in [2.05, 4.69) is 16.9 Å². The molecule has 7 heteroatoms. The molecule has 0 aliphatic heterocycles. The Labute approximate surface area is 135 Å². The van der Waals surface area contributed by atoms with Crippen LogP contribution in [0.4, 0.5) is 5.69 Å². The molecule has 1 heterocycles. The zero-order chi connectivity index (χ0) is 16.7. The average Bonchev–Trinajstić information content (AvgIpc) is 3.09. The smallest absolute Gasteiger partial charge is 0.209 e. The summed E-state index contributed by atoms with van der Waals surface area (Å²) in [5, 5.41) is 9.14. The highest BCUT2D eigenvalue weighted by atomic mass is 16.5. The number of methoxy groups -OCH3 is 1. The van der Waals surface area contributed by atoms with Crippen LogP contribution in [0.1, 0.15) is 19.8 Å². The van der Waals surface area contributed by atoms with Crippen LogP contribution in [-0.4, -0.2) is 29.5 Å². The molecule has 0 aliphatic carbocycles. The van der Waals surface area contributed by atoms with E-state index in [1.54, 1.807) is 25.4 Å². The number of oxazole rings is 1. The van der Waals surface area contributed by atoms with E-state index in [1.807, 2.05) is 12.3 Å². The number of benzene rings is 1. The number of aromatic nitrogens is 1. The normalized spacial score (nSPS) is 11.1. The van der Waals surface area contributed by atoms with Gasteiger partial charge in [-0.1, -0.05) is 13.3 Å². The summed E-state index contributed by atoms with van der Waals surface area (Å²) in [7, 11) is 1.56. The maximum atomic E-state index is 9.14. The molecule has 120 valence electrons. The molecule has 1 aromatic carbocycles. The summed E-state index contributed by atoms with van der Waals surface area (Å²) in [5.74, 6) is 1.36. The zero-order valence-corrected chi connectivity index (χ0v) is 13.2. The van der Waals surface area contributed by atoms with E-state index in [-0.39, 0.29) is 5.96 Å². The van der Waals surface area contributed by atoms with Crippen molar-refractivity contribution in [2.45, 2.75) is 19.8 Å². The number of nitrogens with zero attached hydrogens (tertiary/aromatic N) is 4. The van der Waals surface area contributed by atoms with E-state index in [1.165, 1.54) is 11.3 Å². The van der Waals surface area contributed by atoms with Crippen molar-refractivity contribution in [3.63, 3.8) is 0 Å². The molecule has 2 rings (SSSR count). The van der Waals surface area contributed by atoms with E-state index in [9.17, 15) is 0 Å². The van der Waals surface area contributed by atoms with Crippen molar-refractivity contribution in [3.8, 4) is 23.3 Å². The summed E-state index contributed by atoms with van der Waals surface area (Å²) in [5.41, 5.74) is 7.28. The predicted molar refractivity (Wildman–Crippen MR) is 87.0 cm³/mol. The lowest BCUT2D eigenvalue weighted by atomic mass is 10.1. The minimum atomic E-state index is 0.162. The molecule has 23 heavy (non-hydrogen) atoms. The number of rotatable bonds is 6. The lowest BCUT2D eigenvalue weighted by molar-refractivity contribution is 0.415. The fraction of sp³-hybridized carbons (Fsp3) is 0.312. The quantitative estimate of drug-likeness (QED) is 0.381. The molecule has 0 fully saturated rings. The number of nitriles is 1. The minimum Gasteiger partial charge on any atom is -0.496 e. The lowest BCUT2D eigenvalue weighted by Crippen LogP contribution is -2.33. The molecule has 2 N–H and O–H groups in total. The van der Waals surface area contributed by atoms with Gasteiger partial charge < -0.3 is 14.9 Å². The fourth-order valence-electron chi connectivity index (χ4n) is 2.03. The van der Waals surface area contributed by atoms with E-state index >= 15 is 0 Å². The second kappa shape index (κ2) is 7.84. The van der Waals surface area contributed by atoms with E-state index in [4.69, 9.17) is 20.1 Å². The van der Waals surface area contributed by atoms with E-state index < -0.39 is 0 Å². The van der Waals surface area contributed by atoms with Gasteiger partial charge in [-0.3, -0.25) is 0 Å². The van der Waals surface area contributed by atoms with Gasteiger partial charge in [0.25, 0.3) is 0 Å². The Morgan fingerprint density at radius 2 is 2.35 bits per heavy atom. The molecule has 0 unspecified atom stereocenters.